The predicted molar refractivity (Wildman–Crippen MR) is 77.9 cm³/mol. The molecule has 0 atom stereocenters. The molecule has 100 valence electrons. The van der Waals surface area contributed by atoms with Crippen molar-refractivity contribution in [2.45, 2.75) is 33.2 Å². The van der Waals surface area contributed by atoms with Crippen LogP contribution in [-0.4, -0.2) is 16.5 Å². The summed E-state index contributed by atoms with van der Waals surface area (Å²) >= 11 is 0. The molecule has 0 saturated heterocycles. The molecule has 1 saturated carbocycles. The first-order valence-electron chi connectivity index (χ1n) is 7.04. The van der Waals surface area contributed by atoms with E-state index < -0.39 is 0 Å². The van der Waals surface area contributed by atoms with Crippen molar-refractivity contribution in [2.24, 2.45) is 5.92 Å². The van der Waals surface area contributed by atoms with Crippen LogP contribution >= 0.6 is 0 Å². The summed E-state index contributed by atoms with van der Waals surface area (Å²) in [7, 11) is 0. The first-order chi connectivity index (χ1) is 9.22. The summed E-state index contributed by atoms with van der Waals surface area (Å²) in [6.07, 6.45) is 4.71. The average Bonchev–Trinajstić information content (AvgIpc) is 3.07. The van der Waals surface area contributed by atoms with Crippen molar-refractivity contribution in [3.05, 3.63) is 41.3 Å². The van der Waals surface area contributed by atoms with E-state index >= 15 is 0 Å². The maximum Gasteiger partial charge on any atom is 0.120 e. The third-order valence-electron chi connectivity index (χ3n) is 3.72. The van der Waals surface area contributed by atoms with Crippen LogP contribution in [0.4, 0.5) is 0 Å². The highest BCUT2D eigenvalue weighted by Crippen LogP contribution is 2.27. The van der Waals surface area contributed by atoms with Crippen LogP contribution in [0, 0.1) is 19.8 Å². The monoisotopic (exact) mass is 255 g/mol. The quantitative estimate of drug-likeness (QED) is 0.861. The molecule has 0 bridgehead atoms. The van der Waals surface area contributed by atoms with E-state index in [0.717, 1.165) is 30.5 Å². The molecule has 1 heterocycles. The maximum absolute atomic E-state index is 4.46. The average molecular weight is 255 g/mol. The van der Waals surface area contributed by atoms with Crippen LogP contribution in [0.25, 0.3) is 11.3 Å². The summed E-state index contributed by atoms with van der Waals surface area (Å²) in [5.74, 6) is 1.93. The van der Waals surface area contributed by atoms with Gasteiger partial charge in [-0.2, -0.15) is 0 Å². The molecular weight excluding hydrogens is 234 g/mol. The van der Waals surface area contributed by atoms with Crippen LogP contribution in [0.15, 0.2) is 24.4 Å². The third-order valence-corrected chi connectivity index (χ3v) is 3.72. The van der Waals surface area contributed by atoms with Gasteiger partial charge in [0, 0.05) is 5.56 Å². The lowest BCUT2D eigenvalue weighted by atomic mass is 10.0. The Hall–Kier alpha value is -1.61. The van der Waals surface area contributed by atoms with Gasteiger partial charge in [0.2, 0.25) is 0 Å². The van der Waals surface area contributed by atoms with Crippen molar-refractivity contribution in [3.63, 3.8) is 0 Å². The van der Waals surface area contributed by atoms with Gasteiger partial charge in [-0.25, -0.2) is 4.98 Å². The van der Waals surface area contributed by atoms with Crippen molar-refractivity contribution in [3.8, 4) is 11.3 Å². The minimum atomic E-state index is 0.835. The molecule has 1 aliphatic rings. The van der Waals surface area contributed by atoms with Crippen LogP contribution in [-0.2, 0) is 6.54 Å². The molecule has 0 amide bonds. The second-order valence-electron chi connectivity index (χ2n) is 5.64. The van der Waals surface area contributed by atoms with Gasteiger partial charge in [-0.05, 0) is 44.7 Å². The second-order valence-corrected chi connectivity index (χ2v) is 5.64. The van der Waals surface area contributed by atoms with Gasteiger partial charge in [-0.15, -0.1) is 0 Å². The number of hydrogen-bond donors (Lipinski definition) is 2. The fraction of sp³-hybridized carbons (Fsp3) is 0.438. The minimum Gasteiger partial charge on any atom is -0.341 e. The molecule has 0 radical (unpaired) electrons. The molecule has 3 nitrogen and oxygen atoms in total. The van der Waals surface area contributed by atoms with E-state index in [2.05, 4.69) is 47.3 Å². The smallest absolute Gasteiger partial charge is 0.120 e. The second kappa shape index (κ2) is 5.17. The number of rotatable bonds is 5. The molecule has 1 aliphatic carbocycles. The van der Waals surface area contributed by atoms with Crippen molar-refractivity contribution in [1.29, 1.82) is 0 Å². The molecule has 2 aromatic rings. The van der Waals surface area contributed by atoms with E-state index in [1.54, 1.807) is 0 Å². The topological polar surface area (TPSA) is 40.7 Å². The summed E-state index contributed by atoms with van der Waals surface area (Å²) in [5, 5.41) is 3.46. The van der Waals surface area contributed by atoms with Gasteiger partial charge in [0.15, 0.2) is 0 Å². The molecule has 1 fully saturated rings. The first kappa shape index (κ1) is 12.4. The van der Waals surface area contributed by atoms with Gasteiger partial charge in [-0.3, -0.25) is 0 Å². The SMILES string of the molecule is Cc1ccc(-c2cnc(CNCC3CC3)[nH]2)c(C)c1. The lowest BCUT2D eigenvalue weighted by Gasteiger charge is -2.04. The number of hydrogen-bond acceptors (Lipinski definition) is 2. The molecule has 0 aliphatic heterocycles. The Kier molecular flexibility index (Phi) is 3.38. The molecular formula is C16H21N3. The predicted octanol–water partition coefficient (Wildman–Crippen LogP) is 3.19. The summed E-state index contributed by atoms with van der Waals surface area (Å²) in [5.41, 5.74) is 4.94. The number of nitrogens with zero attached hydrogens (tertiary/aromatic N) is 1. The number of nitrogens with one attached hydrogen (secondary N) is 2. The van der Waals surface area contributed by atoms with E-state index in [9.17, 15) is 0 Å². The zero-order valence-electron chi connectivity index (χ0n) is 11.7. The Morgan fingerprint density at radius 3 is 2.89 bits per heavy atom. The summed E-state index contributed by atoms with van der Waals surface area (Å²) in [4.78, 5) is 7.87. The number of H-pyrrole nitrogens is 1. The molecule has 3 heteroatoms. The van der Waals surface area contributed by atoms with E-state index in [1.807, 2.05) is 6.20 Å². The van der Waals surface area contributed by atoms with E-state index in [4.69, 9.17) is 0 Å². The van der Waals surface area contributed by atoms with E-state index in [0.29, 0.717) is 0 Å². The highest BCUT2D eigenvalue weighted by Gasteiger charge is 2.20. The molecule has 3 rings (SSSR count). The van der Waals surface area contributed by atoms with Gasteiger partial charge >= 0.3 is 0 Å². The standard InChI is InChI=1S/C16H21N3/c1-11-3-6-14(12(2)7-11)15-9-18-16(19-15)10-17-8-13-4-5-13/h3,6-7,9,13,17H,4-5,8,10H2,1-2H3,(H,18,19). The molecule has 1 aromatic heterocycles. The molecule has 2 N–H and O–H groups in total. The largest absolute Gasteiger partial charge is 0.341 e. The van der Waals surface area contributed by atoms with Gasteiger partial charge in [0.1, 0.15) is 5.82 Å². The summed E-state index contributed by atoms with van der Waals surface area (Å²) in [6, 6.07) is 6.52. The van der Waals surface area contributed by atoms with Crippen molar-refractivity contribution >= 4 is 0 Å². The van der Waals surface area contributed by atoms with Crippen LogP contribution in [0.2, 0.25) is 0 Å². The number of aromatic amines is 1. The van der Waals surface area contributed by atoms with Gasteiger partial charge in [0.25, 0.3) is 0 Å². The van der Waals surface area contributed by atoms with Crippen LogP contribution in [0.5, 0.6) is 0 Å². The van der Waals surface area contributed by atoms with E-state index in [-0.39, 0.29) is 0 Å². The van der Waals surface area contributed by atoms with E-state index in [1.165, 1.54) is 29.5 Å². The van der Waals surface area contributed by atoms with Gasteiger partial charge < -0.3 is 10.3 Å². The normalized spacial score (nSPS) is 14.8. The highest BCUT2D eigenvalue weighted by molar-refractivity contribution is 5.63. The van der Waals surface area contributed by atoms with Gasteiger partial charge in [0.05, 0.1) is 18.4 Å². The van der Waals surface area contributed by atoms with Crippen molar-refractivity contribution < 1.29 is 0 Å². The fourth-order valence-corrected chi connectivity index (χ4v) is 2.42. The highest BCUT2D eigenvalue weighted by atomic mass is 15.0. The first-order valence-corrected chi connectivity index (χ1v) is 7.04. The lowest BCUT2D eigenvalue weighted by molar-refractivity contribution is 0.623. The van der Waals surface area contributed by atoms with Crippen molar-refractivity contribution in [1.82, 2.24) is 15.3 Å². The number of aromatic nitrogens is 2. The zero-order chi connectivity index (χ0) is 13.2. The van der Waals surface area contributed by atoms with Crippen LogP contribution < -0.4 is 5.32 Å². The number of benzene rings is 1. The minimum absolute atomic E-state index is 0.835. The Morgan fingerprint density at radius 1 is 1.32 bits per heavy atom. The number of aryl methyl sites for hydroxylation is 2. The Morgan fingerprint density at radius 2 is 2.16 bits per heavy atom. The zero-order valence-corrected chi connectivity index (χ0v) is 11.7. The Balaban J connectivity index is 1.68. The molecule has 1 aromatic carbocycles. The van der Waals surface area contributed by atoms with Crippen LogP contribution in [0.1, 0.15) is 29.8 Å². The maximum atomic E-state index is 4.46. The van der Waals surface area contributed by atoms with Gasteiger partial charge in [-0.1, -0.05) is 23.8 Å². The molecule has 0 unspecified atom stereocenters. The summed E-state index contributed by atoms with van der Waals surface area (Å²) < 4.78 is 0. The molecule has 0 spiro atoms. The lowest BCUT2D eigenvalue weighted by Crippen LogP contribution is -2.16. The number of imidazole rings is 1. The third kappa shape index (κ3) is 3.04. The Labute approximate surface area is 114 Å². The van der Waals surface area contributed by atoms with Crippen molar-refractivity contribution in [2.75, 3.05) is 6.54 Å². The summed E-state index contributed by atoms with van der Waals surface area (Å²) in [6.45, 7) is 6.23. The fourth-order valence-electron chi connectivity index (χ4n) is 2.42. The Bertz CT molecular complexity index is 567. The molecule has 19 heavy (non-hydrogen) atoms. The van der Waals surface area contributed by atoms with Crippen LogP contribution in [0.3, 0.4) is 0 Å².